The topological polar surface area (TPSA) is 89.0 Å². The number of amides is 2. The fourth-order valence-electron chi connectivity index (χ4n) is 2.53. The summed E-state index contributed by atoms with van der Waals surface area (Å²) >= 11 is 3.40. The maximum absolute atomic E-state index is 12.0. The van der Waals surface area contributed by atoms with Crippen LogP contribution in [0.3, 0.4) is 0 Å². The molecule has 0 radical (unpaired) electrons. The van der Waals surface area contributed by atoms with Crippen molar-refractivity contribution in [2.75, 3.05) is 12.4 Å². The van der Waals surface area contributed by atoms with Gasteiger partial charge in [0, 0.05) is 15.7 Å². The zero-order valence-corrected chi connectivity index (χ0v) is 18.3. The molecule has 0 fully saturated rings. The number of ether oxygens (including phenoxy) is 2. The molecular weight excluding hydrogens is 462 g/mol. The summed E-state index contributed by atoms with van der Waals surface area (Å²) < 4.78 is 11.9. The van der Waals surface area contributed by atoms with E-state index in [2.05, 4.69) is 31.8 Å². The van der Waals surface area contributed by atoms with Crippen LogP contribution in [0.1, 0.15) is 11.1 Å². The quantitative estimate of drug-likeness (QED) is 0.301. The molecule has 3 aromatic carbocycles. The van der Waals surface area contributed by atoms with E-state index >= 15 is 0 Å². The minimum Gasteiger partial charge on any atom is -0.497 e. The van der Waals surface area contributed by atoms with Gasteiger partial charge in [-0.05, 0) is 54.1 Å². The lowest BCUT2D eigenvalue weighted by molar-refractivity contribution is -0.136. The number of nitrogens with zero attached hydrogens (tertiary/aromatic N) is 1. The van der Waals surface area contributed by atoms with Crippen LogP contribution in [-0.2, 0) is 16.2 Å². The van der Waals surface area contributed by atoms with Crippen LogP contribution < -0.4 is 20.2 Å². The monoisotopic (exact) mass is 481 g/mol. The molecule has 3 aromatic rings. The van der Waals surface area contributed by atoms with Gasteiger partial charge in [0.1, 0.15) is 18.1 Å². The van der Waals surface area contributed by atoms with E-state index in [0.29, 0.717) is 29.4 Å². The van der Waals surface area contributed by atoms with Crippen molar-refractivity contribution in [3.63, 3.8) is 0 Å². The van der Waals surface area contributed by atoms with Gasteiger partial charge in [-0.15, -0.1) is 0 Å². The van der Waals surface area contributed by atoms with Gasteiger partial charge < -0.3 is 14.8 Å². The van der Waals surface area contributed by atoms with E-state index in [4.69, 9.17) is 9.47 Å². The van der Waals surface area contributed by atoms with E-state index in [-0.39, 0.29) is 0 Å². The fraction of sp³-hybridized carbons (Fsp3) is 0.0870. The highest BCUT2D eigenvalue weighted by Crippen LogP contribution is 2.19. The molecule has 2 amide bonds. The zero-order chi connectivity index (χ0) is 22.1. The summed E-state index contributed by atoms with van der Waals surface area (Å²) in [5, 5.41) is 6.35. The molecule has 0 heterocycles. The lowest BCUT2D eigenvalue weighted by Gasteiger charge is -2.09. The molecule has 0 aliphatic carbocycles. The van der Waals surface area contributed by atoms with Gasteiger partial charge in [0.25, 0.3) is 0 Å². The molecular formula is C23H20BrN3O4. The highest BCUT2D eigenvalue weighted by Gasteiger charge is 2.13. The number of rotatable bonds is 7. The standard InChI is InChI=1S/C23H20BrN3O4/c1-30-20-12-10-19(11-13-20)26-22(28)23(29)27-25-14-17-4-2-3-5-21(17)31-15-16-6-8-18(24)9-7-16/h2-14H,15H2,1H3,(H,26,28)(H,27,29)/b25-14+. The molecule has 0 aromatic heterocycles. The number of benzene rings is 3. The van der Waals surface area contributed by atoms with E-state index in [1.54, 1.807) is 43.5 Å². The van der Waals surface area contributed by atoms with Gasteiger partial charge >= 0.3 is 11.8 Å². The Morgan fingerprint density at radius 1 is 0.968 bits per heavy atom. The first-order valence-corrected chi connectivity index (χ1v) is 10.1. The van der Waals surface area contributed by atoms with Gasteiger partial charge in [0.05, 0.1) is 13.3 Å². The van der Waals surface area contributed by atoms with Crippen molar-refractivity contribution < 1.29 is 19.1 Å². The third-order valence-electron chi connectivity index (χ3n) is 4.15. The van der Waals surface area contributed by atoms with E-state index in [9.17, 15) is 9.59 Å². The third kappa shape index (κ3) is 6.68. The van der Waals surface area contributed by atoms with Crippen molar-refractivity contribution in [1.29, 1.82) is 0 Å². The zero-order valence-electron chi connectivity index (χ0n) is 16.7. The van der Waals surface area contributed by atoms with Crippen molar-refractivity contribution in [3.05, 3.63) is 88.4 Å². The lowest BCUT2D eigenvalue weighted by atomic mass is 10.2. The predicted molar refractivity (Wildman–Crippen MR) is 122 cm³/mol. The molecule has 31 heavy (non-hydrogen) atoms. The van der Waals surface area contributed by atoms with Crippen LogP contribution in [0.5, 0.6) is 11.5 Å². The van der Waals surface area contributed by atoms with Gasteiger partial charge in [-0.2, -0.15) is 5.10 Å². The maximum atomic E-state index is 12.0. The van der Waals surface area contributed by atoms with Gasteiger partial charge in [-0.3, -0.25) is 9.59 Å². The number of carbonyl (C=O) groups is 2. The normalized spacial score (nSPS) is 10.5. The van der Waals surface area contributed by atoms with Gasteiger partial charge in [0.2, 0.25) is 0 Å². The molecule has 0 aliphatic heterocycles. The number of hydrogen-bond acceptors (Lipinski definition) is 5. The highest BCUT2D eigenvalue weighted by atomic mass is 79.9. The minimum atomic E-state index is -0.889. The van der Waals surface area contributed by atoms with Crippen LogP contribution in [0, 0.1) is 0 Å². The Hall–Kier alpha value is -3.65. The van der Waals surface area contributed by atoms with Crippen LogP contribution in [0.15, 0.2) is 82.4 Å². The summed E-state index contributed by atoms with van der Waals surface area (Å²) in [5.74, 6) is -0.471. The molecule has 0 spiro atoms. The summed E-state index contributed by atoms with van der Waals surface area (Å²) in [6.07, 6.45) is 1.43. The highest BCUT2D eigenvalue weighted by molar-refractivity contribution is 9.10. The summed E-state index contributed by atoms with van der Waals surface area (Å²) in [4.78, 5) is 24.0. The average molecular weight is 482 g/mol. The van der Waals surface area contributed by atoms with Crippen molar-refractivity contribution >= 4 is 39.6 Å². The average Bonchev–Trinajstić information content (AvgIpc) is 2.80. The molecule has 7 nitrogen and oxygen atoms in total. The third-order valence-corrected chi connectivity index (χ3v) is 4.68. The molecule has 0 atom stereocenters. The SMILES string of the molecule is COc1ccc(NC(=O)C(=O)N/N=C/c2ccccc2OCc2ccc(Br)cc2)cc1. The second-order valence-corrected chi connectivity index (χ2v) is 7.25. The number of halogens is 1. The first-order chi connectivity index (χ1) is 15.0. The second kappa shape index (κ2) is 10.9. The summed E-state index contributed by atoms with van der Waals surface area (Å²) in [7, 11) is 1.54. The Morgan fingerprint density at radius 2 is 1.68 bits per heavy atom. The Labute approximate surface area is 188 Å². The first-order valence-electron chi connectivity index (χ1n) is 9.30. The number of hydrogen-bond donors (Lipinski definition) is 2. The van der Waals surface area contributed by atoms with E-state index in [1.165, 1.54) is 6.21 Å². The van der Waals surface area contributed by atoms with E-state index in [1.807, 2.05) is 36.4 Å². The van der Waals surface area contributed by atoms with Gasteiger partial charge in [-0.1, -0.05) is 40.2 Å². The van der Waals surface area contributed by atoms with Crippen LogP contribution >= 0.6 is 15.9 Å². The molecule has 0 saturated carbocycles. The number of nitrogens with one attached hydrogen (secondary N) is 2. The van der Waals surface area contributed by atoms with E-state index < -0.39 is 11.8 Å². The molecule has 0 unspecified atom stereocenters. The number of hydrazone groups is 1. The molecule has 0 bridgehead atoms. The number of carbonyl (C=O) groups excluding carboxylic acids is 2. The second-order valence-electron chi connectivity index (χ2n) is 6.33. The molecule has 0 saturated heterocycles. The Bertz CT molecular complexity index is 1070. The lowest BCUT2D eigenvalue weighted by Crippen LogP contribution is -2.32. The smallest absolute Gasteiger partial charge is 0.329 e. The fourth-order valence-corrected chi connectivity index (χ4v) is 2.80. The molecule has 2 N–H and O–H groups in total. The number of anilines is 1. The summed E-state index contributed by atoms with van der Waals surface area (Å²) in [5.41, 5.74) is 4.36. The van der Waals surface area contributed by atoms with Gasteiger partial charge in [-0.25, -0.2) is 5.43 Å². The molecule has 158 valence electrons. The Kier molecular flexibility index (Phi) is 7.78. The van der Waals surface area contributed by atoms with Gasteiger partial charge in [0.15, 0.2) is 0 Å². The first kappa shape index (κ1) is 22.0. The van der Waals surface area contributed by atoms with Crippen molar-refractivity contribution in [2.24, 2.45) is 5.10 Å². The summed E-state index contributed by atoms with van der Waals surface area (Å²) in [6.45, 7) is 0.384. The number of para-hydroxylation sites is 1. The minimum absolute atomic E-state index is 0.384. The van der Waals surface area contributed by atoms with Crippen molar-refractivity contribution in [2.45, 2.75) is 6.61 Å². The molecule has 0 aliphatic rings. The Morgan fingerprint density at radius 3 is 2.39 bits per heavy atom. The largest absolute Gasteiger partial charge is 0.497 e. The molecule has 8 heteroatoms. The predicted octanol–water partition coefficient (Wildman–Crippen LogP) is 4.13. The van der Waals surface area contributed by atoms with Crippen LogP contribution in [-0.4, -0.2) is 25.1 Å². The van der Waals surface area contributed by atoms with Crippen LogP contribution in [0.25, 0.3) is 0 Å². The maximum Gasteiger partial charge on any atom is 0.329 e. The number of methoxy groups -OCH3 is 1. The van der Waals surface area contributed by atoms with Crippen LogP contribution in [0.4, 0.5) is 5.69 Å². The van der Waals surface area contributed by atoms with Crippen LogP contribution in [0.2, 0.25) is 0 Å². The summed E-state index contributed by atoms with van der Waals surface area (Å²) in [6, 6.07) is 21.7. The van der Waals surface area contributed by atoms with E-state index in [0.717, 1.165) is 10.0 Å². The molecule has 3 rings (SSSR count). The van der Waals surface area contributed by atoms with Crippen molar-refractivity contribution in [1.82, 2.24) is 5.43 Å². The van der Waals surface area contributed by atoms with Crippen molar-refractivity contribution in [3.8, 4) is 11.5 Å². The Balaban J connectivity index is 1.55.